The van der Waals surface area contributed by atoms with Crippen molar-refractivity contribution in [3.8, 4) is 0 Å². The summed E-state index contributed by atoms with van der Waals surface area (Å²) < 4.78 is 5.19. The van der Waals surface area contributed by atoms with Crippen molar-refractivity contribution in [2.75, 3.05) is 0 Å². The molecule has 126 valence electrons. The van der Waals surface area contributed by atoms with Gasteiger partial charge in [0.1, 0.15) is 0 Å². The zero-order valence-electron chi connectivity index (χ0n) is 14.2. The van der Waals surface area contributed by atoms with Crippen molar-refractivity contribution in [1.82, 2.24) is 9.97 Å². The highest BCUT2D eigenvalue weighted by atomic mass is 31.2. The lowest BCUT2D eigenvalue weighted by molar-refractivity contribution is 1.14. The lowest BCUT2D eigenvalue weighted by Gasteiger charge is -2.26. The van der Waals surface area contributed by atoms with E-state index in [0.29, 0.717) is 5.95 Å². The summed E-state index contributed by atoms with van der Waals surface area (Å²) in [5.74, 6) is 0.511. The minimum atomic E-state index is -2.28. The number of rotatable bonds is 4. The van der Waals surface area contributed by atoms with Crippen molar-refractivity contribution in [3.05, 3.63) is 109 Å². The SMILES string of the molecule is c1ccc(P(=Nc2ncccn2)(c2ccccc2)c2ccccc2)cc1. The fourth-order valence-corrected chi connectivity index (χ4v) is 6.45. The Bertz CT molecular complexity index is 915. The van der Waals surface area contributed by atoms with Crippen LogP contribution in [0.2, 0.25) is 0 Å². The van der Waals surface area contributed by atoms with Crippen molar-refractivity contribution in [3.63, 3.8) is 0 Å². The van der Waals surface area contributed by atoms with E-state index in [4.69, 9.17) is 4.74 Å². The normalized spacial score (nSPS) is 11.1. The van der Waals surface area contributed by atoms with Crippen molar-refractivity contribution in [2.24, 2.45) is 4.74 Å². The quantitative estimate of drug-likeness (QED) is 0.512. The van der Waals surface area contributed by atoms with Gasteiger partial charge < -0.3 is 0 Å². The lowest BCUT2D eigenvalue weighted by atomic mass is 10.4. The molecule has 0 fully saturated rings. The molecule has 0 atom stereocenters. The van der Waals surface area contributed by atoms with Crippen LogP contribution in [-0.4, -0.2) is 9.97 Å². The summed E-state index contributed by atoms with van der Waals surface area (Å²) in [6.45, 7) is 0. The van der Waals surface area contributed by atoms with E-state index in [0.717, 1.165) is 0 Å². The second-order valence-electron chi connectivity index (χ2n) is 5.79. The Morgan fingerprint density at radius 2 is 0.885 bits per heavy atom. The van der Waals surface area contributed by atoms with Crippen LogP contribution in [0.5, 0.6) is 0 Å². The van der Waals surface area contributed by atoms with Gasteiger partial charge in [-0.15, -0.1) is 0 Å². The first-order chi connectivity index (χ1) is 12.9. The fourth-order valence-electron chi connectivity index (χ4n) is 3.03. The predicted octanol–water partition coefficient (Wildman–Crippen LogP) is 4.29. The highest BCUT2D eigenvalue weighted by Crippen LogP contribution is 2.48. The molecule has 0 aliphatic rings. The number of nitrogens with zero attached hydrogens (tertiary/aromatic N) is 3. The molecule has 0 aliphatic heterocycles. The molecule has 4 rings (SSSR count). The summed E-state index contributed by atoms with van der Waals surface area (Å²) in [6, 6.07) is 33.2. The molecule has 0 N–H and O–H groups in total. The Labute approximate surface area is 153 Å². The van der Waals surface area contributed by atoms with Crippen LogP contribution in [0.3, 0.4) is 0 Å². The van der Waals surface area contributed by atoms with Gasteiger partial charge >= 0.3 is 0 Å². The molecule has 0 saturated carbocycles. The van der Waals surface area contributed by atoms with Gasteiger partial charge in [-0.05, 0) is 6.07 Å². The summed E-state index contributed by atoms with van der Waals surface area (Å²) >= 11 is 0. The third-order valence-corrected chi connectivity index (χ3v) is 7.80. The standard InChI is InChI=1S/C22H18N3P/c1-4-11-19(12-5-1)26(20-13-6-2-7-14-20,21-15-8-3-9-16-21)25-22-23-17-10-18-24-22/h1-18H. The van der Waals surface area contributed by atoms with E-state index in [1.807, 2.05) is 24.3 Å². The third-order valence-electron chi connectivity index (χ3n) is 4.18. The lowest BCUT2D eigenvalue weighted by Crippen LogP contribution is -2.25. The number of benzene rings is 3. The highest BCUT2D eigenvalue weighted by molar-refractivity contribution is 7.87. The number of hydrogen-bond donors (Lipinski definition) is 0. The van der Waals surface area contributed by atoms with E-state index < -0.39 is 7.05 Å². The smallest absolute Gasteiger partial charge is 0.220 e. The molecule has 0 saturated heterocycles. The van der Waals surface area contributed by atoms with Crippen LogP contribution in [0.15, 0.2) is 114 Å². The number of aromatic nitrogens is 2. The Morgan fingerprint density at radius 3 is 1.27 bits per heavy atom. The molecule has 3 aromatic carbocycles. The molecule has 4 aromatic rings. The maximum absolute atomic E-state index is 5.19. The molecule has 0 amide bonds. The zero-order chi connectivity index (χ0) is 17.7. The van der Waals surface area contributed by atoms with Crippen LogP contribution in [0.25, 0.3) is 0 Å². The molecule has 0 radical (unpaired) electrons. The average molecular weight is 355 g/mol. The zero-order valence-corrected chi connectivity index (χ0v) is 15.1. The molecule has 1 heterocycles. The Hall–Kier alpha value is -3.03. The molecule has 0 spiro atoms. The summed E-state index contributed by atoms with van der Waals surface area (Å²) in [5, 5.41) is 3.56. The van der Waals surface area contributed by atoms with Crippen LogP contribution >= 0.6 is 7.05 Å². The van der Waals surface area contributed by atoms with E-state index in [1.165, 1.54) is 15.9 Å². The third kappa shape index (κ3) is 3.10. The van der Waals surface area contributed by atoms with Crippen molar-refractivity contribution >= 4 is 28.9 Å². The van der Waals surface area contributed by atoms with Gasteiger partial charge in [-0.25, -0.2) is 14.7 Å². The second-order valence-corrected chi connectivity index (χ2v) is 8.81. The van der Waals surface area contributed by atoms with Crippen molar-refractivity contribution in [2.45, 2.75) is 0 Å². The second kappa shape index (κ2) is 7.47. The molecule has 0 aliphatic carbocycles. The van der Waals surface area contributed by atoms with E-state index >= 15 is 0 Å². The van der Waals surface area contributed by atoms with Gasteiger partial charge in [0.05, 0.1) is 7.05 Å². The summed E-state index contributed by atoms with van der Waals surface area (Å²) in [7, 11) is -2.28. The predicted molar refractivity (Wildman–Crippen MR) is 109 cm³/mol. The Morgan fingerprint density at radius 1 is 0.500 bits per heavy atom. The van der Waals surface area contributed by atoms with Crippen LogP contribution in [-0.2, 0) is 0 Å². The topological polar surface area (TPSA) is 38.1 Å². The van der Waals surface area contributed by atoms with Gasteiger partial charge in [0, 0.05) is 28.3 Å². The monoisotopic (exact) mass is 355 g/mol. The fraction of sp³-hybridized carbons (Fsp3) is 0. The van der Waals surface area contributed by atoms with E-state index in [2.05, 4.69) is 82.8 Å². The molecule has 0 unspecified atom stereocenters. The van der Waals surface area contributed by atoms with Gasteiger partial charge in [-0.2, -0.15) is 0 Å². The summed E-state index contributed by atoms with van der Waals surface area (Å²) in [5.41, 5.74) is 0. The van der Waals surface area contributed by atoms with Gasteiger partial charge in [0.15, 0.2) is 0 Å². The van der Waals surface area contributed by atoms with Crippen LogP contribution in [0, 0.1) is 0 Å². The molecule has 0 bridgehead atoms. The van der Waals surface area contributed by atoms with Gasteiger partial charge in [0.2, 0.25) is 5.95 Å². The maximum Gasteiger partial charge on any atom is 0.248 e. The van der Waals surface area contributed by atoms with Gasteiger partial charge in [-0.3, -0.25) is 0 Å². The number of hydrogen-bond acceptors (Lipinski definition) is 3. The first-order valence-corrected chi connectivity index (χ1v) is 10.2. The summed E-state index contributed by atoms with van der Waals surface area (Å²) in [6.07, 6.45) is 3.48. The van der Waals surface area contributed by atoms with E-state index in [-0.39, 0.29) is 0 Å². The van der Waals surface area contributed by atoms with Crippen LogP contribution in [0.1, 0.15) is 0 Å². The Kier molecular flexibility index (Phi) is 4.72. The molecular weight excluding hydrogens is 337 g/mol. The minimum absolute atomic E-state index is 0.511. The Balaban J connectivity index is 2.13. The molecule has 1 aromatic heterocycles. The maximum atomic E-state index is 5.19. The minimum Gasteiger partial charge on any atom is -0.220 e. The molecule has 26 heavy (non-hydrogen) atoms. The van der Waals surface area contributed by atoms with Crippen LogP contribution in [0.4, 0.5) is 5.95 Å². The molecule has 4 heteroatoms. The van der Waals surface area contributed by atoms with Gasteiger partial charge in [-0.1, -0.05) is 91.0 Å². The van der Waals surface area contributed by atoms with Crippen molar-refractivity contribution in [1.29, 1.82) is 0 Å². The van der Waals surface area contributed by atoms with E-state index in [9.17, 15) is 0 Å². The van der Waals surface area contributed by atoms with Crippen molar-refractivity contribution < 1.29 is 0 Å². The highest BCUT2D eigenvalue weighted by Gasteiger charge is 2.27. The van der Waals surface area contributed by atoms with E-state index in [1.54, 1.807) is 12.4 Å². The first-order valence-electron chi connectivity index (χ1n) is 8.46. The molecule has 3 nitrogen and oxygen atoms in total. The largest absolute Gasteiger partial charge is 0.248 e. The summed E-state index contributed by atoms with van der Waals surface area (Å²) in [4.78, 5) is 8.78. The average Bonchev–Trinajstić information content (AvgIpc) is 2.75. The first kappa shape index (κ1) is 16.4. The van der Waals surface area contributed by atoms with Gasteiger partial charge in [0.25, 0.3) is 0 Å². The van der Waals surface area contributed by atoms with Crippen LogP contribution < -0.4 is 15.9 Å². The molecular formula is C22H18N3P.